The molecule has 0 bridgehead atoms. The van der Waals surface area contributed by atoms with E-state index >= 15 is 0 Å². The van der Waals surface area contributed by atoms with Gasteiger partial charge in [-0.15, -0.1) is 11.6 Å². The van der Waals surface area contributed by atoms with Gasteiger partial charge < -0.3 is 5.32 Å². The van der Waals surface area contributed by atoms with Crippen molar-refractivity contribution >= 4 is 29.1 Å². The van der Waals surface area contributed by atoms with E-state index in [0.717, 1.165) is 0 Å². The van der Waals surface area contributed by atoms with E-state index < -0.39 is 17.3 Å². The Morgan fingerprint density at radius 2 is 2.12 bits per heavy atom. The molecule has 1 aromatic carbocycles. The normalized spacial score (nSPS) is 11.3. The van der Waals surface area contributed by atoms with Gasteiger partial charge in [-0.2, -0.15) is 0 Å². The Hall–Kier alpha value is -0.800. The zero-order valence-electron chi connectivity index (χ0n) is 8.98. The second-order valence-electron chi connectivity index (χ2n) is 4.07. The van der Waals surface area contributed by atoms with Gasteiger partial charge in [-0.1, -0.05) is 17.7 Å². The van der Waals surface area contributed by atoms with Crippen LogP contribution >= 0.6 is 23.2 Å². The Labute approximate surface area is 104 Å². The number of nitrogens with one attached hydrogen (secondary N) is 1. The van der Waals surface area contributed by atoms with Gasteiger partial charge in [0.1, 0.15) is 0 Å². The number of rotatable bonds is 3. The highest BCUT2D eigenvalue weighted by Crippen LogP contribution is 2.18. The molecule has 2 nitrogen and oxygen atoms in total. The van der Waals surface area contributed by atoms with Crippen molar-refractivity contribution < 1.29 is 9.18 Å². The van der Waals surface area contributed by atoms with Crippen molar-refractivity contribution in [1.82, 2.24) is 5.32 Å². The summed E-state index contributed by atoms with van der Waals surface area (Å²) < 4.78 is 13.5. The number of benzene rings is 1. The Balaban J connectivity index is 2.94. The minimum Gasteiger partial charge on any atom is -0.346 e. The van der Waals surface area contributed by atoms with Gasteiger partial charge in [0, 0.05) is 11.4 Å². The summed E-state index contributed by atoms with van der Waals surface area (Å²) in [6.45, 7) is 3.50. The van der Waals surface area contributed by atoms with Crippen LogP contribution in [0.4, 0.5) is 4.39 Å². The highest BCUT2D eigenvalue weighted by molar-refractivity contribution is 6.31. The molecule has 5 heteroatoms. The fourth-order valence-corrected chi connectivity index (χ4v) is 1.33. The number of hydrogen-bond acceptors (Lipinski definition) is 1. The van der Waals surface area contributed by atoms with E-state index in [1.807, 2.05) is 0 Å². The van der Waals surface area contributed by atoms with Gasteiger partial charge in [0.05, 0.1) is 10.6 Å². The minimum atomic E-state index is -0.716. The largest absolute Gasteiger partial charge is 0.346 e. The molecule has 16 heavy (non-hydrogen) atoms. The lowest BCUT2D eigenvalue weighted by Crippen LogP contribution is -2.45. The topological polar surface area (TPSA) is 29.1 Å². The average molecular weight is 264 g/mol. The molecule has 0 radical (unpaired) electrons. The summed E-state index contributed by atoms with van der Waals surface area (Å²) in [6, 6.07) is 4.29. The van der Waals surface area contributed by atoms with Crippen LogP contribution in [0.1, 0.15) is 24.2 Å². The number of halogens is 3. The van der Waals surface area contributed by atoms with Crippen LogP contribution in [-0.4, -0.2) is 17.3 Å². The molecule has 1 aromatic rings. The summed E-state index contributed by atoms with van der Waals surface area (Å²) in [5, 5.41) is 2.55. The number of alkyl halides is 1. The molecule has 88 valence electrons. The van der Waals surface area contributed by atoms with Crippen molar-refractivity contribution in [3.8, 4) is 0 Å². The highest BCUT2D eigenvalue weighted by atomic mass is 35.5. The minimum absolute atomic E-state index is 0.0728. The smallest absolute Gasteiger partial charge is 0.254 e. The molecule has 0 fully saturated rings. The van der Waals surface area contributed by atoms with Crippen LogP contribution in [0.25, 0.3) is 0 Å². The van der Waals surface area contributed by atoms with E-state index in [0.29, 0.717) is 0 Å². The number of amides is 1. The van der Waals surface area contributed by atoms with E-state index in [-0.39, 0.29) is 16.5 Å². The van der Waals surface area contributed by atoms with Crippen LogP contribution in [-0.2, 0) is 0 Å². The first-order valence-electron chi connectivity index (χ1n) is 4.70. The first-order valence-corrected chi connectivity index (χ1v) is 5.61. The van der Waals surface area contributed by atoms with Gasteiger partial charge >= 0.3 is 0 Å². The van der Waals surface area contributed by atoms with Gasteiger partial charge in [0.2, 0.25) is 0 Å². The van der Waals surface area contributed by atoms with Gasteiger partial charge in [0.25, 0.3) is 5.91 Å². The Morgan fingerprint density at radius 3 is 2.69 bits per heavy atom. The van der Waals surface area contributed by atoms with Crippen LogP contribution in [0.3, 0.4) is 0 Å². The van der Waals surface area contributed by atoms with Gasteiger partial charge in [-0.25, -0.2) is 4.39 Å². The summed E-state index contributed by atoms with van der Waals surface area (Å²) in [5.74, 6) is -1.00. The van der Waals surface area contributed by atoms with Gasteiger partial charge in [0.15, 0.2) is 5.82 Å². The maximum Gasteiger partial charge on any atom is 0.254 e. The van der Waals surface area contributed by atoms with E-state index in [4.69, 9.17) is 23.2 Å². The van der Waals surface area contributed by atoms with E-state index in [2.05, 4.69) is 5.32 Å². The second kappa shape index (κ2) is 5.02. The summed E-state index contributed by atoms with van der Waals surface area (Å²) in [6.07, 6.45) is 0. The lowest BCUT2D eigenvalue weighted by Gasteiger charge is -2.23. The molecule has 0 heterocycles. The maximum atomic E-state index is 13.5. The molecule has 1 amide bonds. The fraction of sp³-hybridized carbons (Fsp3) is 0.364. The van der Waals surface area contributed by atoms with Gasteiger partial charge in [-0.3, -0.25) is 4.79 Å². The number of carbonyl (C=O) groups excluding carboxylic acids is 1. The van der Waals surface area contributed by atoms with Crippen molar-refractivity contribution in [2.45, 2.75) is 19.4 Å². The predicted octanol–water partition coefficient (Wildman–Crippen LogP) is 3.23. The monoisotopic (exact) mass is 263 g/mol. The Morgan fingerprint density at radius 1 is 1.50 bits per heavy atom. The van der Waals surface area contributed by atoms with Crippen LogP contribution < -0.4 is 5.32 Å². The predicted molar refractivity (Wildman–Crippen MR) is 63.7 cm³/mol. The lowest BCUT2D eigenvalue weighted by atomic mass is 10.1. The molecule has 0 unspecified atom stereocenters. The molecule has 0 atom stereocenters. The molecule has 1 rings (SSSR count). The molecule has 0 aliphatic carbocycles. The molecule has 0 aromatic heterocycles. The molecule has 0 aliphatic heterocycles. The van der Waals surface area contributed by atoms with E-state index in [1.54, 1.807) is 13.8 Å². The molecule has 0 saturated carbocycles. The quantitative estimate of drug-likeness (QED) is 0.834. The SMILES string of the molecule is CC(C)(CCl)NC(=O)c1cccc(Cl)c1F. The van der Waals surface area contributed by atoms with Crippen LogP contribution in [0, 0.1) is 5.82 Å². The summed E-state index contributed by atoms with van der Waals surface area (Å²) in [4.78, 5) is 11.7. The van der Waals surface area contributed by atoms with Crippen LogP contribution in [0.2, 0.25) is 5.02 Å². The van der Waals surface area contributed by atoms with Gasteiger partial charge in [-0.05, 0) is 26.0 Å². The molecule has 0 saturated heterocycles. The summed E-state index contributed by atoms with van der Waals surface area (Å²) in [5.41, 5.74) is -0.668. The zero-order chi connectivity index (χ0) is 12.3. The molecule has 1 N–H and O–H groups in total. The summed E-state index contributed by atoms with van der Waals surface area (Å²) >= 11 is 11.2. The standard InChI is InChI=1S/C11H12Cl2FNO/c1-11(2,6-12)15-10(16)7-4-3-5-8(13)9(7)14/h3-5H,6H2,1-2H3,(H,15,16). The third-order valence-corrected chi connectivity index (χ3v) is 2.94. The summed E-state index contributed by atoms with van der Waals surface area (Å²) in [7, 11) is 0. The van der Waals surface area contributed by atoms with Crippen molar-refractivity contribution in [3.63, 3.8) is 0 Å². The average Bonchev–Trinajstić information content (AvgIpc) is 2.21. The third-order valence-electron chi connectivity index (χ3n) is 1.98. The molecular formula is C11H12Cl2FNO. The Kier molecular flexibility index (Phi) is 4.16. The fourth-order valence-electron chi connectivity index (χ4n) is 1.09. The Bertz CT molecular complexity index is 407. The maximum absolute atomic E-state index is 13.5. The number of hydrogen-bond donors (Lipinski definition) is 1. The second-order valence-corrected chi connectivity index (χ2v) is 4.75. The molecule has 0 spiro atoms. The van der Waals surface area contributed by atoms with Crippen molar-refractivity contribution in [2.24, 2.45) is 0 Å². The molecular weight excluding hydrogens is 252 g/mol. The van der Waals surface area contributed by atoms with Crippen molar-refractivity contribution in [3.05, 3.63) is 34.6 Å². The molecule has 0 aliphatic rings. The first kappa shape index (κ1) is 13.3. The zero-order valence-corrected chi connectivity index (χ0v) is 10.5. The van der Waals surface area contributed by atoms with E-state index in [1.165, 1.54) is 18.2 Å². The van der Waals surface area contributed by atoms with Crippen molar-refractivity contribution in [1.29, 1.82) is 0 Å². The van der Waals surface area contributed by atoms with Crippen LogP contribution in [0.5, 0.6) is 0 Å². The van der Waals surface area contributed by atoms with Crippen molar-refractivity contribution in [2.75, 3.05) is 5.88 Å². The highest BCUT2D eigenvalue weighted by Gasteiger charge is 2.22. The van der Waals surface area contributed by atoms with Crippen LogP contribution in [0.15, 0.2) is 18.2 Å². The van der Waals surface area contributed by atoms with E-state index in [9.17, 15) is 9.18 Å². The first-order chi connectivity index (χ1) is 7.37. The lowest BCUT2D eigenvalue weighted by molar-refractivity contribution is 0.0916. The number of carbonyl (C=O) groups is 1. The third kappa shape index (κ3) is 3.09.